The van der Waals surface area contributed by atoms with Crippen molar-refractivity contribution in [2.45, 2.75) is 4.90 Å². The highest BCUT2D eigenvalue weighted by molar-refractivity contribution is 7.99. The molecule has 1 rings (SSSR count). The molecular weight excluding hydrogens is 220 g/mol. The molecule has 1 aromatic carbocycles. The van der Waals surface area contributed by atoms with Crippen LogP contribution in [0.15, 0.2) is 47.9 Å². The number of benzene rings is 1. The van der Waals surface area contributed by atoms with E-state index in [1.165, 1.54) is 4.90 Å². The highest BCUT2D eigenvalue weighted by Crippen LogP contribution is 2.15. The van der Waals surface area contributed by atoms with Crippen LogP contribution in [0.4, 0.5) is 4.79 Å². The largest absolute Gasteiger partial charge is 0.337 e. The molecule has 3 nitrogen and oxygen atoms in total. The molecule has 2 amide bonds. The fourth-order valence-corrected chi connectivity index (χ4v) is 1.87. The molecule has 0 unspecified atom stereocenters. The molecule has 0 radical (unpaired) electrons. The lowest BCUT2D eigenvalue weighted by Crippen LogP contribution is -2.36. The van der Waals surface area contributed by atoms with Crippen LogP contribution < -0.4 is 10.6 Å². The number of rotatable bonds is 6. The lowest BCUT2D eigenvalue weighted by molar-refractivity contribution is 0.242. The maximum absolute atomic E-state index is 11.1. The summed E-state index contributed by atoms with van der Waals surface area (Å²) >= 11 is 1.72. The zero-order valence-electron chi connectivity index (χ0n) is 9.11. The Hall–Kier alpha value is -1.42. The first kappa shape index (κ1) is 12.6. The van der Waals surface area contributed by atoms with Gasteiger partial charge in [0.15, 0.2) is 0 Å². The van der Waals surface area contributed by atoms with Crippen molar-refractivity contribution in [3.05, 3.63) is 43.0 Å². The van der Waals surface area contributed by atoms with Gasteiger partial charge in [-0.15, -0.1) is 18.3 Å². The van der Waals surface area contributed by atoms with Crippen LogP contribution in [0.2, 0.25) is 0 Å². The molecule has 2 N–H and O–H groups in total. The van der Waals surface area contributed by atoms with Crippen molar-refractivity contribution in [1.82, 2.24) is 10.6 Å². The number of hydrogen-bond acceptors (Lipinski definition) is 2. The normalized spacial score (nSPS) is 9.50. The van der Waals surface area contributed by atoms with Gasteiger partial charge >= 0.3 is 6.03 Å². The predicted octanol–water partition coefficient (Wildman–Crippen LogP) is 2.26. The highest BCUT2D eigenvalue weighted by Gasteiger charge is 1.97. The summed E-state index contributed by atoms with van der Waals surface area (Å²) in [7, 11) is 0. The second-order valence-corrected chi connectivity index (χ2v) is 4.26. The van der Waals surface area contributed by atoms with Crippen LogP contribution in [-0.2, 0) is 0 Å². The molecule has 0 heterocycles. The summed E-state index contributed by atoms with van der Waals surface area (Å²) in [6.07, 6.45) is 1.65. The number of amides is 2. The van der Waals surface area contributed by atoms with Crippen LogP contribution in [0, 0.1) is 0 Å². The predicted molar refractivity (Wildman–Crippen MR) is 68.8 cm³/mol. The first-order valence-corrected chi connectivity index (χ1v) is 6.12. The Bertz CT molecular complexity index is 327. The van der Waals surface area contributed by atoms with E-state index in [2.05, 4.69) is 29.3 Å². The Labute approximate surface area is 100 Å². The van der Waals surface area contributed by atoms with Gasteiger partial charge in [0.1, 0.15) is 0 Å². The Morgan fingerprint density at radius 3 is 2.75 bits per heavy atom. The van der Waals surface area contributed by atoms with Crippen molar-refractivity contribution in [1.29, 1.82) is 0 Å². The molecule has 0 aliphatic rings. The van der Waals surface area contributed by atoms with Crippen molar-refractivity contribution in [2.24, 2.45) is 0 Å². The van der Waals surface area contributed by atoms with Gasteiger partial charge in [-0.05, 0) is 12.1 Å². The topological polar surface area (TPSA) is 41.1 Å². The second kappa shape index (κ2) is 7.82. The Balaban J connectivity index is 2.08. The van der Waals surface area contributed by atoms with E-state index in [0.717, 1.165) is 5.75 Å². The monoisotopic (exact) mass is 236 g/mol. The summed E-state index contributed by atoms with van der Waals surface area (Å²) < 4.78 is 0. The quantitative estimate of drug-likeness (QED) is 0.452. The molecule has 0 spiro atoms. The molecule has 16 heavy (non-hydrogen) atoms. The third-order valence-corrected chi connectivity index (χ3v) is 2.82. The van der Waals surface area contributed by atoms with E-state index in [-0.39, 0.29) is 6.03 Å². The van der Waals surface area contributed by atoms with Crippen molar-refractivity contribution in [3.8, 4) is 0 Å². The van der Waals surface area contributed by atoms with E-state index < -0.39 is 0 Å². The van der Waals surface area contributed by atoms with Crippen molar-refractivity contribution in [2.75, 3.05) is 18.8 Å². The van der Waals surface area contributed by atoms with Crippen LogP contribution >= 0.6 is 11.8 Å². The molecule has 0 aromatic heterocycles. The molecule has 0 fully saturated rings. The van der Waals surface area contributed by atoms with Gasteiger partial charge in [0.25, 0.3) is 0 Å². The first-order valence-electron chi connectivity index (χ1n) is 5.13. The fraction of sp³-hybridized carbons (Fsp3) is 0.250. The molecule has 0 aliphatic carbocycles. The molecule has 1 aromatic rings. The van der Waals surface area contributed by atoms with E-state index in [1.54, 1.807) is 17.8 Å². The first-order chi connectivity index (χ1) is 7.83. The molecule has 0 saturated carbocycles. The number of hydrogen-bond donors (Lipinski definition) is 2. The molecule has 0 aliphatic heterocycles. The van der Waals surface area contributed by atoms with Crippen molar-refractivity contribution >= 4 is 17.8 Å². The van der Waals surface area contributed by atoms with Crippen LogP contribution in [0.3, 0.4) is 0 Å². The summed E-state index contributed by atoms with van der Waals surface area (Å²) in [5, 5.41) is 5.42. The average Bonchev–Trinajstić information content (AvgIpc) is 2.33. The van der Waals surface area contributed by atoms with Crippen molar-refractivity contribution < 1.29 is 4.79 Å². The Morgan fingerprint density at radius 2 is 2.06 bits per heavy atom. The summed E-state index contributed by atoms with van der Waals surface area (Å²) in [5.41, 5.74) is 0. The summed E-state index contributed by atoms with van der Waals surface area (Å²) in [5.74, 6) is 0.867. The zero-order chi connectivity index (χ0) is 11.6. The number of carbonyl (C=O) groups excluding carboxylic acids is 1. The van der Waals surface area contributed by atoms with Gasteiger partial charge in [-0.1, -0.05) is 24.3 Å². The van der Waals surface area contributed by atoms with Gasteiger partial charge < -0.3 is 10.6 Å². The zero-order valence-corrected chi connectivity index (χ0v) is 9.93. The third-order valence-electron chi connectivity index (χ3n) is 1.81. The van der Waals surface area contributed by atoms with Crippen LogP contribution in [-0.4, -0.2) is 24.9 Å². The SMILES string of the molecule is C=CCNC(=O)NCCSc1ccccc1. The maximum atomic E-state index is 11.1. The van der Waals surface area contributed by atoms with Crippen LogP contribution in [0.1, 0.15) is 0 Å². The second-order valence-electron chi connectivity index (χ2n) is 3.09. The van der Waals surface area contributed by atoms with E-state index in [1.807, 2.05) is 18.2 Å². The minimum atomic E-state index is -0.145. The van der Waals surface area contributed by atoms with Gasteiger partial charge in [0.05, 0.1) is 0 Å². The number of carbonyl (C=O) groups is 1. The van der Waals surface area contributed by atoms with Gasteiger partial charge in [0, 0.05) is 23.7 Å². The van der Waals surface area contributed by atoms with Gasteiger partial charge in [-0.2, -0.15) is 0 Å². The van der Waals surface area contributed by atoms with Crippen LogP contribution in [0.5, 0.6) is 0 Å². The van der Waals surface area contributed by atoms with E-state index in [4.69, 9.17) is 0 Å². The van der Waals surface area contributed by atoms with Gasteiger partial charge in [-0.25, -0.2) is 4.79 Å². The third kappa shape index (κ3) is 5.46. The number of urea groups is 1. The average molecular weight is 236 g/mol. The lowest BCUT2D eigenvalue weighted by Gasteiger charge is -2.05. The van der Waals surface area contributed by atoms with Crippen LogP contribution in [0.25, 0.3) is 0 Å². The number of nitrogens with one attached hydrogen (secondary N) is 2. The van der Waals surface area contributed by atoms with Gasteiger partial charge in [-0.3, -0.25) is 0 Å². The summed E-state index contributed by atoms with van der Waals surface area (Å²) in [6.45, 7) is 4.68. The molecule has 86 valence electrons. The fourth-order valence-electron chi connectivity index (χ4n) is 1.08. The minimum Gasteiger partial charge on any atom is -0.337 e. The molecule has 0 bridgehead atoms. The van der Waals surface area contributed by atoms with E-state index in [0.29, 0.717) is 13.1 Å². The minimum absolute atomic E-state index is 0.145. The summed E-state index contributed by atoms with van der Waals surface area (Å²) in [6, 6.07) is 9.98. The van der Waals surface area contributed by atoms with E-state index in [9.17, 15) is 4.79 Å². The Morgan fingerprint density at radius 1 is 1.31 bits per heavy atom. The maximum Gasteiger partial charge on any atom is 0.315 e. The molecule has 0 saturated heterocycles. The molecular formula is C12H16N2OS. The number of thioether (sulfide) groups is 1. The molecule has 0 atom stereocenters. The van der Waals surface area contributed by atoms with Gasteiger partial charge in [0.2, 0.25) is 0 Å². The highest BCUT2D eigenvalue weighted by atomic mass is 32.2. The van der Waals surface area contributed by atoms with Crippen molar-refractivity contribution in [3.63, 3.8) is 0 Å². The lowest BCUT2D eigenvalue weighted by atomic mass is 10.4. The summed E-state index contributed by atoms with van der Waals surface area (Å²) in [4.78, 5) is 12.4. The smallest absolute Gasteiger partial charge is 0.315 e. The standard InChI is InChI=1S/C12H16N2OS/c1-2-8-13-12(15)14-9-10-16-11-6-4-3-5-7-11/h2-7H,1,8-10H2,(H2,13,14,15). The Kier molecular flexibility index (Phi) is 6.18. The molecule has 4 heteroatoms. The van der Waals surface area contributed by atoms with E-state index >= 15 is 0 Å².